The molecule has 3 N–H and O–H groups in total. The van der Waals surface area contributed by atoms with Gasteiger partial charge in [0.2, 0.25) is 10.0 Å². The summed E-state index contributed by atoms with van der Waals surface area (Å²) in [6.45, 7) is 2.66. The van der Waals surface area contributed by atoms with Gasteiger partial charge in [-0.15, -0.1) is 0 Å². The van der Waals surface area contributed by atoms with Gasteiger partial charge < -0.3 is 10.8 Å². The van der Waals surface area contributed by atoms with Crippen molar-refractivity contribution < 1.29 is 18.3 Å². The van der Waals surface area contributed by atoms with E-state index in [-0.39, 0.29) is 4.90 Å². The van der Waals surface area contributed by atoms with Crippen LogP contribution in [-0.2, 0) is 14.8 Å². The Morgan fingerprint density at radius 1 is 1.44 bits per heavy atom. The van der Waals surface area contributed by atoms with Crippen molar-refractivity contribution in [2.24, 2.45) is 0 Å². The number of aliphatic carboxylic acids is 1. The van der Waals surface area contributed by atoms with E-state index in [0.717, 1.165) is 4.31 Å². The third kappa shape index (κ3) is 3.21. The average Bonchev–Trinajstić information content (AvgIpc) is 2.25. The Labute approximate surface area is 106 Å². The molecule has 1 aromatic rings. The normalized spacial score (nSPS) is 12.0. The van der Waals surface area contributed by atoms with E-state index < -0.39 is 28.6 Å². The molecule has 0 radical (unpaired) electrons. The summed E-state index contributed by atoms with van der Waals surface area (Å²) in [6.07, 6.45) is 0. The molecule has 0 saturated heterocycles. The summed E-state index contributed by atoms with van der Waals surface area (Å²) in [5, 5.41) is 8.77. The van der Waals surface area contributed by atoms with Crippen LogP contribution in [0.25, 0.3) is 0 Å². The number of sulfonamides is 1. The largest absolute Gasteiger partial charge is 0.480 e. The Morgan fingerprint density at radius 3 is 2.50 bits per heavy atom. The van der Waals surface area contributed by atoms with E-state index in [4.69, 9.17) is 10.8 Å². The highest BCUT2D eigenvalue weighted by Crippen LogP contribution is 2.19. The number of hydrogen-bond acceptors (Lipinski definition) is 4. The molecule has 1 aromatic carbocycles. The van der Waals surface area contributed by atoms with Crippen molar-refractivity contribution in [3.63, 3.8) is 0 Å². The fourth-order valence-electron chi connectivity index (χ4n) is 1.49. The van der Waals surface area contributed by atoms with Crippen LogP contribution in [0.3, 0.4) is 0 Å². The number of carbonyl (C=O) groups is 1. The minimum atomic E-state index is -3.85. The predicted molar refractivity (Wildman–Crippen MR) is 67.5 cm³/mol. The molecule has 1 rings (SSSR count). The van der Waals surface area contributed by atoms with Gasteiger partial charge in [0.05, 0.1) is 4.90 Å². The van der Waals surface area contributed by atoms with Gasteiger partial charge in [-0.05, 0) is 32.0 Å². The Morgan fingerprint density at radius 2 is 2.06 bits per heavy atom. The maximum Gasteiger partial charge on any atom is 0.318 e. The molecule has 0 aromatic heterocycles. The molecule has 0 atom stereocenters. The van der Waals surface area contributed by atoms with Gasteiger partial charge in [0, 0.05) is 11.7 Å². The van der Waals surface area contributed by atoms with E-state index in [0.29, 0.717) is 5.69 Å². The highest BCUT2D eigenvalue weighted by atomic mass is 32.2. The standard InChI is InChI=1S/C11H16N2O4S/c1-8(2)13(7-11(14)15)18(16,17)10-5-3-4-9(12)6-10/h3-6,8H,7,12H2,1-2H3,(H,14,15). The van der Waals surface area contributed by atoms with Gasteiger partial charge in [-0.2, -0.15) is 4.31 Å². The fraction of sp³-hybridized carbons (Fsp3) is 0.364. The van der Waals surface area contributed by atoms with Gasteiger partial charge in [-0.3, -0.25) is 4.79 Å². The molecule has 0 fully saturated rings. The molecule has 7 heteroatoms. The molecular weight excluding hydrogens is 256 g/mol. The van der Waals surface area contributed by atoms with Gasteiger partial charge >= 0.3 is 5.97 Å². The Balaban J connectivity index is 3.21. The predicted octanol–water partition coefficient (Wildman–Crippen LogP) is 0.752. The van der Waals surface area contributed by atoms with Crippen molar-refractivity contribution in [3.8, 4) is 0 Å². The van der Waals surface area contributed by atoms with Crippen molar-refractivity contribution in [2.45, 2.75) is 24.8 Å². The summed E-state index contributed by atoms with van der Waals surface area (Å²) in [7, 11) is -3.85. The van der Waals surface area contributed by atoms with Gasteiger partial charge in [0.25, 0.3) is 0 Å². The fourth-order valence-corrected chi connectivity index (χ4v) is 3.13. The Hall–Kier alpha value is -1.60. The number of nitrogens with two attached hydrogens (primary N) is 1. The molecule has 0 aliphatic carbocycles. The van der Waals surface area contributed by atoms with Crippen LogP contribution in [0, 0.1) is 0 Å². The first kappa shape index (κ1) is 14.5. The second kappa shape index (κ2) is 5.36. The Kier molecular flexibility index (Phi) is 4.31. The first-order valence-corrected chi connectivity index (χ1v) is 6.78. The lowest BCUT2D eigenvalue weighted by atomic mass is 10.3. The second-order valence-electron chi connectivity index (χ2n) is 4.11. The molecule has 6 nitrogen and oxygen atoms in total. The highest BCUT2D eigenvalue weighted by Gasteiger charge is 2.28. The van der Waals surface area contributed by atoms with Crippen molar-refractivity contribution >= 4 is 21.7 Å². The van der Waals surface area contributed by atoms with Crippen LogP contribution in [0.1, 0.15) is 13.8 Å². The van der Waals surface area contributed by atoms with Crippen LogP contribution >= 0.6 is 0 Å². The van der Waals surface area contributed by atoms with Crippen molar-refractivity contribution in [1.82, 2.24) is 4.31 Å². The number of hydrogen-bond donors (Lipinski definition) is 2. The molecule has 0 aliphatic heterocycles. The van der Waals surface area contributed by atoms with E-state index in [2.05, 4.69) is 0 Å². The van der Waals surface area contributed by atoms with E-state index in [9.17, 15) is 13.2 Å². The smallest absolute Gasteiger partial charge is 0.318 e. The number of nitrogens with zero attached hydrogens (tertiary/aromatic N) is 1. The lowest BCUT2D eigenvalue weighted by molar-refractivity contribution is -0.137. The van der Waals surface area contributed by atoms with Crippen LogP contribution in [0.5, 0.6) is 0 Å². The molecule has 0 amide bonds. The van der Waals surface area contributed by atoms with Crippen LogP contribution in [0.15, 0.2) is 29.2 Å². The van der Waals surface area contributed by atoms with Gasteiger partial charge in [-0.1, -0.05) is 6.07 Å². The topological polar surface area (TPSA) is 101 Å². The first-order chi connectivity index (χ1) is 8.25. The summed E-state index contributed by atoms with van der Waals surface area (Å²) in [5.41, 5.74) is 5.85. The molecule has 18 heavy (non-hydrogen) atoms. The van der Waals surface area contributed by atoms with Crippen LogP contribution < -0.4 is 5.73 Å². The molecule has 0 unspecified atom stereocenters. The summed E-state index contributed by atoms with van der Waals surface area (Å²) in [5.74, 6) is -1.20. The molecular formula is C11H16N2O4S. The van der Waals surface area contributed by atoms with Crippen LogP contribution in [0.2, 0.25) is 0 Å². The van der Waals surface area contributed by atoms with Gasteiger partial charge in [0.15, 0.2) is 0 Å². The van der Waals surface area contributed by atoms with Crippen LogP contribution in [0.4, 0.5) is 5.69 Å². The summed E-state index contributed by atoms with van der Waals surface area (Å²) < 4.78 is 25.5. The third-order valence-corrected chi connectivity index (χ3v) is 4.35. The van der Waals surface area contributed by atoms with Gasteiger partial charge in [-0.25, -0.2) is 8.42 Å². The quantitative estimate of drug-likeness (QED) is 0.770. The van der Waals surface area contributed by atoms with Crippen molar-refractivity contribution in [3.05, 3.63) is 24.3 Å². The maximum atomic E-state index is 12.3. The average molecular weight is 272 g/mol. The number of benzene rings is 1. The number of nitrogen functional groups attached to an aromatic ring is 1. The lowest BCUT2D eigenvalue weighted by Crippen LogP contribution is -2.40. The molecule has 0 heterocycles. The Bertz CT molecular complexity index is 540. The molecule has 0 saturated carbocycles. The lowest BCUT2D eigenvalue weighted by Gasteiger charge is -2.24. The van der Waals surface area contributed by atoms with Gasteiger partial charge in [0.1, 0.15) is 6.54 Å². The van der Waals surface area contributed by atoms with Crippen molar-refractivity contribution in [2.75, 3.05) is 12.3 Å². The minimum absolute atomic E-state index is 0.00236. The van der Waals surface area contributed by atoms with Crippen LogP contribution in [-0.4, -0.2) is 36.4 Å². The number of anilines is 1. The maximum absolute atomic E-state index is 12.3. The zero-order valence-corrected chi connectivity index (χ0v) is 11.0. The zero-order chi connectivity index (χ0) is 13.9. The summed E-state index contributed by atoms with van der Waals surface area (Å²) in [4.78, 5) is 10.7. The number of carboxylic acid groups (broad SMARTS) is 1. The molecule has 0 spiro atoms. The number of carboxylic acids is 1. The van der Waals surface area contributed by atoms with E-state index in [1.165, 1.54) is 18.2 Å². The van der Waals surface area contributed by atoms with E-state index >= 15 is 0 Å². The second-order valence-corrected chi connectivity index (χ2v) is 6.00. The highest BCUT2D eigenvalue weighted by molar-refractivity contribution is 7.89. The number of rotatable bonds is 5. The zero-order valence-electron chi connectivity index (χ0n) is 10.2. The summed E-state index contributed by atoms with van der Waals surface area (Å²) in [6, 6.07) is 5.33. The summed E-state index contributed by atoms with van der Waals surface area (Å²) >= 11 is 0. The third-order valence-electron chi connectivity index (χ3n) is 2.33. The minimum Gasteiger partial charge on any atom is -0.480 e. The van der Waals surface area contributed by atoms with E-state index in [1.54, 1.807) is 19.9 Å². The SMILES string of the molecule is CC(C)N(CC(=O)O)S(=O)(=O)c1cccc(N)c1. The first-order valence-electron chi connectivity index (χ1n) is 5.34. The van der Waals surface area contributed by atoms with E-state index in [1.807, 2.05) is 0 Å². The molecule has 0 aliphatic rings. The monoisotopic (exact) mass is 272 g/mol. The molecule has 0 bridgehead atoms. The van der Waals surface area contributed by atoms with Crippen molar-refractivity contribution in [1.29, 1.82) is 0 Å². The molecule has 100 valence electrons.